The van der Waals surface area contributed by atoms with Gasteiger partial charge in [0.2, 0.25) is 0 Å². The smallest absolute Gasteiger partial charge is 0.138 e. The second kappa shape index (κ2) is 7.47. The molecule has 1 aromatic heterocycles. The van der Waals surface area contributed by atoms with Crippen molar-refractivity contribution in [2.75, 3.05) is 7.11 Å². The third-order valence-electron chi connectivity index (χ3n) is 4.06. The van der Waals surface area contributed by atoms with E-state index in [1.165, 1.54) is 10.9 Å². The summed E-state index contributed by atoms with van der Waals surface area (Å²) in [6.07, 6.45) is 0. The second-order valence-electron chi connectivity index (χ2n) is 5.48. The summed E-state index contributed by atoms with van der Waals surface area (Å²) in [4.78, 5) is 0. The van der Waals surface area contributed by atoms with Crippen LogP contribution in [0.15, 0.2) is 42.5 Å². The normalized spacial score (nSPS) is 11.2. The summed E-state index contributed by atoms with van der Waals surface area (Å²) in [6.45, 7) is 3.95. The molecule has 0 spiro atoms. The monoisotopic (exact) mass is 363 g/mol. The number of rotatable bonds is 6. The molecule has 0 fully saturated rings. The molecule has 0 unspecified atom stereocenters. The molecule has 0 saturated heterocycles. The lowest BCUT2D eigenvalue weighted by atomic mass is 10.1. The first-order valence-electron chi connectivity index (χ1n) is 7.81. The number of aryl methyl sites for hydroxylation is 1. The minimum Gasteiger partial charge on any atom is -0.486 e. The predicted molar refractivity (Wildman–Crippen MR) is 99.1 cm³/mol. The Morgan fingerprint density at radius 3 is 2.54 bits per heavy atom. The maximum Gasteiger partial charge on any atom is 0.138 e. The number of para-hydroxylation sites is 1. The number of benzene rings is 2. The summed E-state index contributed by atoms with van der Waals surface area (Å²) < 4.78 is 13.6. The summed E-state index contributed by atoms with van der Waals surface area (Å²) in [5, 5.41) is 2.30. The van der Waals surface area contributed by atoms with Crippen molar-refractivity contribution in [2.45, 2.75) is 26.7 Å². The van der Waals surface area contributed by atoms with E-state index in [1.807, 2.05) is 12.1 Å². The number of aromatic nitrogens is 1. The summed E-state index contributed by atoms with van der Waals surface area (Å²) in [6, 6.07) is 13.6. The van der Waals surface area contributed by atoms with Crippen molar-refractivity contribution in [1.29, 1.82) is 0 Å². The Balaban J connectivity index is 1.99. The summed E-state index contributed by atoms with van der Waals surface area (Å²) in [5.41, 5.74) is 3.44. The van der Waals surface area contributed by atoms with E-state index in [0.29, 0.717) is 29.0 Å². The molecule has 0 aliphatic carbocycles. The van der Waals surface area contributed by atoms with Gasteiger partial charge in [-0.3, -0.25) is 0 Å². The first kappa shape index (κ1) is 17.2. The second-order valence-corrected chi connectivity index (χ2v) is 6.33. The fourth-order valence-corrected chi connectivity index (χ4v) is 3.46. The van der Waals surface area contributed by atoms with Gasteiger partial charge in [0, 0.05) is 35.1 Å². The Hall–Kier alpha value is -1.68. The van der Waals surface area contributed by atoms with E-state index in [9.17, 15) is 0 Å². The van der Waals surface area contributed by atoms with Gasteiger partial charge in [0.1, 0.15) is 12.4 Å². The highest BCUT2D eigenvalue weighted by Crippen LogP contribution is 2.31. The van der Waals surface area contributed by atoms with E-state index in [4.69, 9.17) is 32.7 Å². The molecule has 0 atom stereocenters. The molecule has 5 heteroatoms. The quantitative estimate of drug-likeness (QED) is 0.561. The molecule has 3 aromatic rings. The fraction of sp³-hybridized carbons (Fsp3) is 0.263. The first-order chi connectivity index (χ1) is 11.7. The number of fused-ring (bicyclic) bond motifs is 1. The standard InChI is InChI=1S/C19H19Cl2NO2/c1-3-22-17-7-5-4-6-14(17)15(11-23-2)18(22)12-24-19-9-8-13(20)10-16(19)21/h4-10H,3,11-12H2,1-2H3. The Kier molecular flexibility index (Phi) is 5.34. The van der Waals surface area contributed by atoms with Crippen LogP contribution < -0.4 is 4.74 Å². The maximum absolute atomic E-state index is 6.21. The van der Waals surface area contributed by atoms with Crippen LogP contribution in [0.4, 0.5) is 0 Å². The molecule has 126 valence electrons. The number of ether oxygens (including phenoxy) is 2. The average Bonchev–Trinajstić information content (AvgIpc) is 2.88. The molecule has 0 amide bonds. The van der Waals surface area contributed by atoms with Crippen molar-refractivity contribution in [2.24, 2.45) is 0 Å². The van der Waals surface area contributed by atoms with E-state index < -0.39 is 0 Å². The third-order valence-corrected chi connectivity index (χ3v) is 4.59. The largest absolute Gasteiger partial charge is 0.486 e. The zero-order chi connectivity index (χ0) is 17.1. The third kappa shape index (κ3) is 3.25. The molecule has 0 N–H and O–H groups in total. The zero-order valence-corrected chi connectivity index (χ0v) is 15.2. The first-order valence-corrected chi connectivity index (χ1v) is 8.57. The molecule has 3 rings (SSSR count). The number of methoxy groups -OCH3 is 1. The molecule has 0 saturated carbocycles. The van der Waals surface area contributed by atoms with Crippen LogP contribution in [0.2, 0.25) is 10.0 Å². The number of hydrogen-bond acceptors (Lipinski definition) is 2. The predicted octanol–water partition coefficient (Wildman–Crippen LogP) is 5.69. The summed E-state index contributed by atoms with van der Waals surface area (Å²) in [7, 11) is 1.71. The highest BCUT2D eigenvalue weighted by molar-refractivity contribution is 6.35. The molecule has 24 heavy (non-hydrogen) atoms. The van der Waals surface area contributed by atoms with Gasteiger partial charge >= 0.3 is 0 Å². The molecule has 0 bridgehead atoms. The van der Waals surface area contributed by atoms with Crippen molar-refractivity contribution >= 4 is 34.1 Å². The van der Waals surface area contributed by atoms with Gasteiger partial charge in [0.25, 0.3) is 0 Å². The summed E-state index contributed by atoms with van der Waals surface area (Å²) >= 11 is 12.1. The van der Waals surface area contributed by atoms with Crippen LogP contribution in [0.5, 0.6) is 5.75 Å². The van der Waals surface area contributed by atoms with Gasteiger partial charge in [-0.05, 0) is 31.2 Å². The van der Waals surface area contributed by atoms with Gasteiger partial charge in [-0.15, -0.1) is 0 Å². The number of nitrogens with zero attached hydrogens (tertiary/aromatic N) is 1. The minimum absolute atomic E-state index is 0.419. The van der Waals surface area contributed by atoms with Crippen molar-refractivity contribution < 1.29 is 9.47 Å². The van der Waals surface area contributed by atoms with Gasteiger partial charge in [-0.2, -0.15) is 0 Å². The number of hydrogen-bond donors (Lipinski definition) is 0. The van der Waals surface area contributed by atoms with Gasteiger partial charge in [-0.25, -0.2) is 0 Å². The van der Waals surface area contributed by atoms with Crippen LogP contribution in [0.1, 0.15) is 18.2 Å². The Bertz CT molecular complexity index is 858. The molecule has 0 radical (unpaired) electrons. The highest BCUT2D eigenvalue weighted by atomic mass is 35.5. The lowest BCUT2D eigenvalue weighted by molar-refractivity contribution is 0.182. The van der Waals surface area contributed by atoms with Crippen molar-refractivity contribution in [3.05, 3.63) is 63.8 Å². The van der Waals surface area contributed by atoms with Crippen LogP contribution in [-0.2, 0) is 24.5 Å². The molecular formula is C19H19Cl2NO2. The SMILES string of the molecule is CCn1c(COc2ccc(Cl)cc2Cl)c(COC)c2ccccc21. The molecule has 2 aromatic carbocycles. The van der Waals surface area contributed by atoms with Crippen LogP contribution in [0, 0.1) is 0 Å². The van der Waals surface area contributed by atoms with Crippen LogP contribution >= 0.6 is 23.2 Å². The van der Waals surface area contributed by atoms with Crippen LogP contribution in [-0.4, -0.2) is 11.7 Å². The summed E-state index contributed by atoms with van der Waals surface area (Å²) in [5.74, 6) is 0.623. The zero-order valence-electron chi connectivity index (χ0n) is 13.7. The van der Waals surface area contributed by atoms with Crippen molar-refractivity contribution in [1.82, 2.24) is 4.57 Å². The van der Waals surface area contributed by atoms with Gasteiger partial charge < -0.3 is 14.0 Å². The number of halogens is 2. The van der Waals surface area contributed by atoms with Gasteiger partial charge in [0.05, 0.1) is 17.3 Å². The molecule has 0 aliphatic rings. The maximum atomic E-state index is 6.21. The molecule has 0 aliphatic heterocycles. The van der Waals surface area contributed by atoms with E-state index in [1.54, 1.807) is 25.3 Å². The van der Waals surface area contributed by atoms with Crippen molar-refractivity contribution in [3.8, 4) is 5.75 Å². The van der Waals surface area contributed by atoms with E-state index in [0.717, 1.165) is 17.8 Å². The lowest BCUT2D eigenvalue weighted by Gasteiger charge is -2.13. The van der Waals surface area contributed by atoms with E-state index in [2.05, 4.69) is 23.6 Å². The van der Waals surface area contributed by atoms with Gasteiger partial charge in [0.15, 0.2) is 0 Å². The van der Waals surface area contributed by atoms with E-state index in [-0.39, 0.29) is 0 Å². The average molecular weight is 364 g/mol. The van der Waals surface area contributed by atoms with Gasteiger partial charge in [-0.1, -0.05) is 41.4 Å². The van der Waals surface area contributed by atoms with Crippen LogP contribution in [0.3, 0.4) is 0 Å². The molecule has 3 nitrogen and oxygen atoms in total. The topological polar surface area (TPSA) is 23.4 Å². The van der Waals surface area contributed by atoms with Crippen LogP contribution in [0.25, 0.3) is 10.9 Å². The molecular weight excluding hydrogens is 345 g/mol. The Morgan fingerprint density at radius 2 is 1.83 bits per heavy atom. The minimum atomic E-state index is 0.419. The van der Waals surface area contributed by atoms with E-state index >= 15 is 0 Å². The highest BCUT2D eigenvalue weighted by Gasteiger charge is 2.17. The van der Waals surface area contributed by atoms with Crippen molar-refractivity contribution in [3.63, 3.8) is 0 Å². The lowest BCUT2D eigenvalue weighted by Crippen LogP contribution is -2.07. The Morgan fingerprint density at radius 1 is 1.04 bits per heavy atom. The fourth-order valence-electron chi connectivity index (χ4n) is 3.00. The Labute approximate surface area is 151 Å². The molecule has 1 heterocycles.